The maximum Gasteiger partial charge on any atom is 0.348 e. The van der Waals surface area contributed by atoms with Gasteiger partial charge in [0.25, 0.3) is 5.91 Å². The Bertz CT molecular complexity index is 547. The van der Waals surface area contributed by atoms with Crippen molar-refractivity contribution in [3.63, 3.8) is 0 Å². The van der Waals surface area contributed by atoms with Crippen LogP contribution in [0, 0.1) is 6.92 Å². The molecule has 0 aromatic carbocycles. The lowest BCUT2D eigenvalue weighted by atomic mass is 10.4. The third-order valence-electron chi connectivity index (χ3n) is 1.95. The predicted molar refractivity (Wildman–Crippen MR) is 64.5 cm³/mol. The lowest BCUT2D eigenvalue weighted by Crippen LogP contribution is -2.20. The van der Waals surface area contributed by atoms with Gasteiger partial charge in [-0.15, -0.1) is 11.3 Å². The molecule has 6 nitrogen and oxygen atoms in total. The van der Waals surface area contributed by atoms with Gasteiger partial charge in [0.1, 0.15) is 10.6 Å². The van der Waals surface area contributed by atoms with E-state index in [1.807, 2.05) is 0 Å². The van der Waals surface area contributed by atoms with Crippen LogP contribution in [-0.2, 0) is 9.53 Å². The SMILES string of the molecule is Cc1cc(NC(=O)COC(=O)c2cccs2)no1. The predicted octanol–water partition coefficient (Wildman–Crippen LogP) is 1.84. The number of thiophene rings is 1. The Kier molecular flexibility index (Phi) is 3.73. The maximum absolute atomic E-state index is 11.4. The topological polar surface area (TPSA) is 81.4 Å². The Hall–Kier alpha value is -2.15. The van der Waals surface area contributed by atoms with Crippen LogP contribution in [0.4, 0.5) is 5.82 Å². The van der Waals surface area contributed by atoms with E-state index < -0.39 is 11.9 Å². The van der Waals surface area contributed by atoms with Crippen molar-refractivity contribution in [2.45, 2.75) is 6.92 Å². The molecule has 0 fully saturated rings. The highest BCUT2D eigenvalue weighted by Crippen LogP contribution is 2.10. The summed E-state index contributed by atoms with van der Waals surface area (Å²) in [6, 6.07) is 4.93. The molecular formula is C11H10N2O4S. The second kappa shape index (κ2) is 5.46. The van der Waals surface area contributed by atoms with Gasteiger partial charge in [-0.05, 0) is 18.4 Å². The van der Waals surface area contributed by atoms with Crippen LogP contribution in [0.25, 0.3) is 0 Å². The molecule has 2 heterocycles. The van der Waals surface area contributed by atoms with E-state index in [-0.39, 0.29) is 6.61 Å². The van der Waals surface area contributed by atoms with Crippen LogP contribution >= 0.6 is 11.3 Å². The van der Waals surface area contributed by atoms with Gasteiger partial charge in [-0.3, -0.25) is 4.79 Å². The van der Waals surface area contributed by atoms with Crippen LogP contribution in [-0.4, -0.2) is 23.6 Å². The number of rotatable bonds is 4. The van der Waals surface area contributed by atoms with E-state index in [1.54, 1.807) is 30.5 Å². The molecule has 0 saturated carbocycles. The number of aromatic nitrogens is 1. The van der Waals surface area contributed by atoms with Gasteiger partial charge >= 0.3 is 5.97 Å². The third-order valence-corrected chi connectivity index (χ3v) is 2.80. The standard InChI is InChI=1S/C11H10N2O4S/c1-7-5-9(13-17-7)12-10(14)6-16-11(15)8-3-2-4-18-8/h2-5H,6H2,1H3,(H,12,13,14). The van der Waals surface area contributed by atoms with Gasteiger partial charge in [0.15, 0.2) is 12.4 Å². The highest BCUT2D eigenvalue weighted by atomic mass is 32.1. The molecule has 0 aliphatic rings. The van der Waals surface area contributed by atoms with E-state index >= 15 is 0 Å². The molecule has 0 radical (unpaired) electrons. The van der Waals surface area contributed by atoms with E-state index in [9.17, 15) is 9.59 Å². The molecule has 2 rings (SSSR count). The molecule has 0 spiro atoms. The highest BCUT2D eigenvalue weighted by Gasteiger charge is 2.12. The number of amides is 1. The molecule has 0 aliphatic carbocycles. The maximum atomic E-state index is 11.4. The molecule has 0 unspecified atom stereocenters. The average Bonchev–Trinajstić information content (AvgIpc) is 2.97. The van der Waals surface area contributed by atoms with E-state index in [1.165, 1.54) is 11.3 Å². The first-order valence-electron chi connectivity index (χ1n) is 5.09. The number of aryl methyl sites for hydroxylation is 1. The summed E-state index contributed by atoms with van der Waals surface area (Å²) in [5, 5.41) is 7.79. The Morgan fingerprint density at radius 3 is 3.00 bits per heavy atom. The molecule has 2 aromatic heterocycles. The molecule has 94 valence electrons. The van der Waals surface area contributed by atoms with Crippen molar-refractivity contribution in [3.8, 4) is 0 Å². The fourth-order valence-electron chi connectivity index (χ4n) is 1.20. The Morgan fingerprint density at radius 2 is 2.39 bits per heavy atom. The average molecular weight is 266 g/mol. The summed E-state index contributed by atoms with van der Waals surface area (Å²) in [6.45, 7) is 1.35. The summed E-state index contributed by atoms with van der Waals surface area (Å²) in [5.74, 6) is -0.102. The number of esters is 1. The van der Waals surface area contributed by atoms with Gasteiger partial charge in [0.05, 0.1) is 0 Å². The summed E-state index contributed by atoms with van der Waals surface area (Å²) < 4.78 is 9.61. The van der Waals surface area contributed by atoms with E-state index in [0.717, 1.165) is 0 Å². The first-order valence-corrected chi connectivity index (χ1v) is 5.97. The second-order valence-electron chi connectivity index (χ2n) is 3.42. The second-order valence-corrected chi connectivity index (χ2v) is 4.37. The van der Waals surface area contributed by atoms with Gasteiger partial charge < -0.3 is 14.6 Å². The summed E-state index contributed by atoms with van der Waals surface area (Å²) in [5.41, 5.74) is 0. The Balaban J connectivity index is 1.80. The minimum absolute atomic E-state index is 0.296. The van der Waals surface area contributed by atoms with E-state index in [0.29, 0.717) is 16.5 Å². The smallest absolute Gasteiger partial charge is 0.348 e. The summed E-state index contributed by atoms with van der Waals surface area (Å²) in [7, 11) is 0. The molecule has 1 N–H and O–H groups in total. The van der Waals surface area contributed by atoms with Crippen molar-refractivity contribution < 1.29 is 18.8 Å². The lowest BCUT2D eigenvalue weighted by molar-refractivity contribution is -0.119. The first kappa shape index (κ1) is 12.3. The van der Waals surface area contributed by atoms with Crippen molar-refractivity contribution in [2.75, 3.05) is 11.9 Å². The molecule has 7 heteroatoms. The van der Waals surface area contributed by atoms with Gasteiger partial charge in [-0.1, -0.05) is 11.2 Å². The summed E-state index contributed by atoms with van der Waals surface area (Å²) >= 11 is 1.26. The number of carbonyl (C=O) groups is 2. The monoisotopic (exact) mass is 266 g/mol. The number of nitrogens with zero attached hydrogens (tertiary/aromatic N) is 1. The molecule has 0 bridgehead atoms. The lowest BCUT2D eigenvalue weighted by Gasteiger charge is -2.02. The zero-order valence-corrected chi connectivity index (χ0v) is 10.3. The fourth-order valence-corrected chi connectivity index (χ4v) is 1.82. The van der Waals surface area contributed by atoms with Crippen molar-refractivity contribution in [1.82, 2.24) is 5.16 Å². The Morgan fingerprint density at radius 1 is 1.56 bits per heavy atom. The minimum atomic E-state index is -0.517. The van der Waals surface area contributed by atoms with Crippen molar-refractivity contribution in [2.24, 2.45) is 0 Å². The molecule has 18 heavy (non-hydrogen) atoms. The van der Waals surface area contributed by atoms with Crippen LogP contribution in [0.1, 0.15) is 15.4 Å². The van der Waals surface area contributed by atoms with Gasteiger partial charge in [0, 0.05) is 6.07 Å². The number of hydrogen-bond acceptors (Lipinski definition) is 6. The molecule has 2 aromatic rings. The van der Waals surface area contributed by atoms with Crippen LogP contribution in [0.2, 0.25) is 0 Å². The van der Waals surface area contributed by atoms with Crippen molar-refractivity contribution >= 4 is 29.0 Å². The molecule has 0 atom stereocenters. The van der Waals surface area contributed by atoms with Gasteiger partial charge in [-0.2, -0.15) is 0 Å². The molecular weight excluding hydrogens is 256 g/mol. The van der Waals surface area contributed by atoms with Crippen molar-refractivity contribution in [1.29, 1.82) is 0 Å². The van der Waals surface area contributed by atoms with Crippen LogP contribution in [0.5, 0.6) is 0 Å². The number of anilines is 1. The van der Waals surface area contributed by atoms with Gasteiger partial charge in [-0.25, -0.2) is 4.79 Å². The van der Waals surface area contributed by atoms with Crippen molar-refractivity contribution in [3.05, 3.63) is 34.2 Å². The van der Waals surface area contributed by atoms with Gasteiger partial charge in [0.2, 0.25) is 0 Å². The fraction of sp³-hybridized carbons (Fsp3) is 0.182. The Labute approximate surface area is 107 Å². The van der Waals surface area contributed by atoms with Crippen LogP contribution in [0.15, 0.2) is 28.1 Å². The zero-order valence-electron chi connectivity index (χ0n) is 9.50. The third kappa shape index (κ3) is 3.17. The molecule has 1 amide bonds. The summed E-state index contributed by atoms with van der Waals surface area (Å²) in [6.07, 6.45) is 0. The van der Waals surface area contributed by atoms with E-state index in [2.05, 4.69) is 10.5 Å². The number of ether oxygens (including phenoxy) is 1. The largest absolute Gasteiger partial charge is 0.451 e. The molecule has 0 saturated heterocycles. The normalized spacial score (nSPS) is 10.1. The highest BCUT2D eigenvalue weighted by molar-refractivity contribution is 7.11. The first-order chi connectivity index (χ1) is 8.65. The molecule has 0 aliphatic heterocycles. The number of hydrogen-bond donors (Lipinski definition) is 1. The summed E-state index contributed by atoms with van der Waals surface area (Å²) in [4.78, 5) is 23.3. The number of nitrogens with one attached hydrogen (secondary N) is 1. The van der Waals surface area contributed by atoms with Crippen LogP contribution < -0.4 is 5.32 Å². The number of carbonyl (C=O) groups excluding carboxylic acids is 2. The van der Waals surface area contributed by atoms with Crippen LogP contribution in [0.3, 0.4) is 0 Å². The van der Waals surface area contributed by atoms with E-state index in [4.69, 9.17) is 9.26 Å². The minimum Gasteiger partial charge on any atom is -0.451 e. The quantitative estimate of drug-likeness (QED) is 0.854. The zero-order chi connectivity index (χ0) is 13.0.